The Morgan fingerprint density at radius 3 is 2.19 bits per heavy atom. The lowest BCUT2D eigenvalue weighted by Crippen LogP contribution is -1.92. The van der Waals surface area contributed by atoms with Gasteiger partial charge in [-0.05, 0) is 54.4 Å². The zero-order valence-electron chi connectivity index (χ0n) is 14.4. The molecule has 0 atom stereocenters. The Bertz CT molecular complexity index is 1040. The number of rotatable bonds is 3. The summed E-state index contributed by atoms with van der Waals surface area (Å²) in [5, 5.41) is 0.718. The largest absolute Gasteiger partial charge is 0.255 e. The van der Waals surface area contributed by atoms with E-state index in [1.807, 2.05) is 36.4 Å². The number of pyridine rings is 2. The van der Waals surface area contributed by atoms with Gasteiger partial charge in [0.15, 0.2) is 0 Å². The van der Waals surface area contributed by atoms with Gasteiger partial charge >= 0.3 is 0 Å². The molecule has 0 fully saturated rings. The first-order valence-corrected chi connectivity index (χ1v) is 8.83. The summed E-state index contributed by atoms with van der Waals surface area (Å²) < 4.78 is 0. The van der Waals surface area contributed by atoms with Crippen molar-refractivity contribution >= 4 is 11.6 Å². The van der Waals surface area contributed by atoms with Gasteiger partial charge in [0.2, 0.25) is 0 Å². The van der Waals surface area contributed by atoms with Crippen LogP contribution in [0.25, 0.3) is 33.8 Å². The second-order valence-corrected chi connectivity index (χ2v) is 6.65. The third-order valence-electron chi connectivity index (χ3n) is 4.26. The van der Waals surface area contributed by atoms with Gasteiger partial charge in [-0.1, -0.05) is 59.6 Å². The maximum atomic E-state index is 6.20. The van der Waals surface area contributed by atoms with Crippen molar-refractivity contribution in [2.45, 2.75) is 6.92 Å². The molecule has 0 saturated heterocycles. The van der Waals surface area contributed by atoms with Gasteiger partial charge in [-0.25, -0.2) is 4.98 Å². The van der Waals surface area contributed by atoms with Crippen LogP contribution in [0.4, 0.5) is 0 Å². The lowest BCUT2D eigenvalue weighted by molar-refractivity contribution is 1.25. The zero-order valence-corrected chi connectivity index (χ0v) is 15.1. The molecule has 0 aliphatic carbocycles. The highest BCUT2D eigenvalue weighted by atomic mass is 35.5. The van der Waals surface area contributed by atoms with Gasteiger partial charge in [0.1, 0.15) is 0 Å². The Hall–Kier alpha value is -2.97. The third-order valence-corrected chi connectivity index (χ3v) is 4.49. The Morgan fingerprint density at radius 1 is 0.654 bits per heavy atom. The molecule has 126 valence electrons. The molecule has 0 N–H and O–H groups in total. The van der Waals surface area contributed by atoms with Crippen LogP contribution in [0.3, 0.4) is 0 Å². The van der Waals surface area contributed by atoms with E-state index in [2.05, 4.69) is 54.4 Å². The van der Waals surface area contributed by atoms with Crippen molar-refractivity contribution in [2.24, 2.45) is 0 Å². The van der Waals surface area contributed by atoms with E-state index in [0.29, 0.717) is 0 Å². The summed E-state index contributed by atoms with van der Waals surface area (Å²) in [4.78, 5) is 9.32. The molecule has 4 rings (SSSR count). The fourth-order valence-corrected chi connectivity index (χ4v) is 3.07. The standard InChI is InChI=1S/C23H17ClN2/c1-16-8-10-17(11-9-16)22-14-19(18-5-4-6-20(24)13-18)15-23(26-22)21-7-2-3-12-25-21/h2-15H,1H3. The van der Waals surface area contributed by atoms with E-state index in [1.54, 1.807) is 6.20 Å². The van der Waals surface area contributed by atoms with Gasteiger partial charge in [0, 0.05) is 16.8 Å². The fraction of sp³-hybridized carbons (Fsp3) is 0.0435. The van der Waals surface area contributed by atoms with Gasteiger partial charge in [-0.2, -0.15) is 0 Å². The summed E-state index contributed by atoms with van der Waals surface area (Å²) in [5.74, 6) is 0. The number of aryl methyl sites for hydroxylation is 1. The van der Waals surface area contributed by atoms with Crippen LogP contribution in [0.1, 0.15) is 5.56 Å². The summed E-state index contributed by atoms with van der Waals surface area (Å²) in [6.45, 7) is 2.08. The molecule has 2 nitrogen and oxygen atoms in total. The van der Waals surface area contributed by atoms with E-state index in [4.69, 9.17) is 16.6 Å². The predicted molar refractivity (Wildman–Crippen MR) is 108 cm³/mol. The molecule has 0 bridgehead atoms. The van der Waals surface area contributed by atoms with Gasteiger partial charge in [-0.15, -0.1) is 0 Å². The molecule has 0 aliphatic heterocycles. The van der Waals surface area contributed by atoms with Crippen LogP contribution in [0, 0.1) is 6.92 Å². The van der Waals surface area contributed by atoms with E-state index < -0.39 is 0 Å². The van der Waals surface area contributed by atoms with E-state index in [1.165, 1.54) is 5.56 Å². The lowest BCUT2D eigenvalue weighted by Gasteiger charge is -2.10. The van der Waals surface area contributed by atoms with Crippen molar-refractivity contribution in [3.8, 4) is 33.8 Å². The van der Waals surface area contributed by atoms with Crippen LogP contribution >= 0.6 is 11.6 Å². The predicted octanol–water partition coefficient (Wildman–Crippen LogP) is 6.44. The van der Waals surface area contributed by atoms with Crippen LogP contribution in [-0.4, -0.2) is 9.97 Å². The highest BCUT2D eigenvalue weighted by Crippen LogP contribution is 2.30. The molecule has 26 heavy (non-hydrogen) atoms. The van der Waals surface area contributed by atoms with E-state index in [-0.39, 0.29) is 0 Å². The molecule has 2 aromatic carbocycles. The van der Waals surface area contributed by atoms with Crippen LogP contribution in [0.5, 0.6) is 0 Å². The van der Waals surface area contributed by atoms with Gasteiger partial charge < -0.3 is 0 Å². The fourth-order valence-electron chi connectivity index (χ4n) is 2.88. The number of hydrogen-bond donors (Lipinski definition) is 0. The summed E-state index contributed by atoms with van der Waals surface area (Å²) in [6, 6.07) is 26.3. The average molecular weight is 357 g/mol. The van der Waals surface area contributed by atoms with Crippen molar-refractivity contribution in [2.75, 3.05) is 0 Å². The van der Waals surface area contributed by atoms with E-state index >= 15 is 0 Å². The summed E-state index contributed by atoms with van der Waals surface area (Å²) >= 11 is 6.20. The van der Waals surface area contributed by atoms with E-state index in [0.717, 1.165) is 38.8 Å². The van der Waals surface area contributed by atoms with Crippen LogP contribution in [0.2, 0.25) is 5.02 Å². The quantitative estimate of drug-likeness (QED) is 0.422. The maximum Gasteiger partial charge on any atom is 0.0899 e. The number of benzene rings is 2. The van der Waals surface area contributed by atoms with Crippen LogP contribution in [-0.2, 0) is 0 Å². The molecule has 4 aromatic rings. The van der Waals surface area contributed by atoms with Crippen LogP contribution < -0.4 is 0 Å². The molecular formula is C23H17ClN2. The summed E-state index contributed by atoms with van der Waals surface area (Å²) in [7, 11) is 0. The van der Waals surface area contributed by atoms with Crippen molar-refractivity contribution in [1.82, 2.24) is 9.97 Å². The number of aromatic nitrogens is 2. The van der Waals surface area contributed by atoms with Gasteiger partial charge in [-0.3, -0.25) is 4.98 Å². The smallest absolute Gasteiger partial charge is 0.0899 e. The SMILES string of the molecule is Cc1ccc(-c2cc(-c3cccc(Cl)c3)cc(-c3ccccn3)n2)cc1. The first-order valence-electron chi connectivity index (χ1n) is 8.45. The molecule has 0 amide bonds. The Labute approximate surface area is 158 Å². The maximum absolute atomic E-state index is 6.20. The van der Waals surface area contributed by atoms with Crippen molar-refractivity contribution in [3.05, 3.63) is 95.6 Å². The number of halogens is 1. The monoisotopic (exact) mass is 356 g/mol. The Kier molecular flexibility index (Phi) is 4.51. The minimum absolute atomic E-state index is 0.718. The van der Waals surface area contributed by atoms with Crippen LogP contribution in [0.15, 0.2) is 85.1 Å². The Balaban J connectivity index is 1.91. The summed E-state index contributed by atoms with van der Waals surface area (Å²) in [5.41, 5.74) is 7.05. The second-order valence-electron chi connectivity index (χ2n) is 6.22. The number of nitrogens with zero attached hydrogens (tertiary/aromatic N) is 2. The third kappa shape index (κ3) is 3.51. The minimum Gasteiger partial charge on any atom is -0.255 e. The first kappa shape index (κ1) is 16.5. The summed E-state index contributed by atoms with van der Waals surface area (Å²) in [6.07, 6.45) is 1.79. The van der Waals surface area contributed by atoms with Crippen molar-refractivity contribution < 1.29 is 0 Å². The minimum atomic E-state index is 0.718. The zero-order chi connectivity index (χ0) is 17.9. The molecule has 0 radical (unpaired) electrons. The number of hydrogen-bond acceptors (Lipinski definition) is 2. The molecule has 2 aromatic heterocycles. The second kappa shape index (κ2) is 7.11. The van der Waals surface area contributed by atoms with Gasteiger partial charge in [0.25, 0.3) is 0 Å². The van der Waals surface area contributed by atoms with Crippen molar-refractivity contribution in [3.63, 3.8) is 0 Å². The average Bonchev–Trinajstić information content (AvgIpc) is 2.69. The highest BCUT2D eigenvalue weighted by molar-refractivity contribution is 6.30. The van der Waals surface area contributed by atoms with Gasteiger partial charge in [0.05, 0.1) is 17.1 Å². The molecular weight excluding hydrogens is 340 g/mol. The van der Waals surface area contributed by atoms with Crippen molar-refractivity contribution in [1.29, 1.82) is 0 Å². The molecule has 3 heteroatoms. The highest BCUT2D eigenvalue weighted by Gasteiger charge is 2.09. The normalized spacial score (nSPS) is 10.7. The van der Waals surface area contributed by atoms with E-state index in [9.17, 15) is 0 Å². The molecule has 0 spiro atoms. The Morgan fingerprint density at radius 2 is 1.46 bits per heavy atom. The lowest BCUT2D eigenvalue weighted by atomic mass is 10.0. The topological polar surface area (TPSA) is 25.8 Å². The molecule has 0 unspecified atom stereocenters. The molecule has 0 aliphatic rings. The molecule has 0 saturated carbocycles. The first-order chi connectivity index (χ1) is 12.7. The molecule has 2 heterocycles.